The van der Waals surface area contributed by atoms with E-state index in [1.54, 1.807) is 24.4 Å². The van der Waals surface area contributed by atoms with E-state index in [1.165, 1.54) is 12.1 Å². The van der Waals surface area contributed by atoms with Crippen LogP contribution in [0.1, 0.15) is 18.9 Å². The molecule has 6 nitrogen and oxygen atoms in total. The quantitative estimate of drug-likeness (QED) is 0.480. The Bertz CT molecular complexity index is 582. The van der Waals surface area contributed by atoms with Gasteiger partial charge in [-0.2, -0.15) is 0 Å². The van der Waals surface area contributed by atoms with Crippen molar-refractivity contribution in [3.63, 3.8) is 0 Å². The molecule has 1 heterocycles. The third-order valence-electron chi connectivity index (χ3n) is 2.82. The maximum Gasteiger partial charge on any atom is 0.269 e. The second-order valence-corrected chi connectivity index (χ2v) is 4.53. The van der Waals surface area contributed by atoms with Gasteiger partial charge in [-0.1, -0.05) is 13.0 Å². The predicted octanol–water partition coefficient (Wildman–Crippen LogP) is 3.28. The van der Waals surface area contributed by atoms with Gasteiger partial charge in [0, 0.05) is 30.9 Å². The topological polar surface area (TPSA) is 77.3 Å². The summed E-state index contributed by atoms with van der Waals surface area (Å²) < 4.78 is 5.54. The maximum atomic E-state index is 10.6. The van der Waals surface area contributed by atoms with E-state index in [2.05, 4.69) is 17.2 Å². The number of aromatic nitrogens is 1. The summed E-state index contributed by atoms with van der Waals surface area (Å²) in [6, 6.07) is 9.63. The molecule has 1 aromatic heterocycles. The van der Waals surface area contributed by atoms with Gasteiger partial charge in [-0.3, -0.25) is 10.1 Å². The van der Waals surface area contributed by atoms with E-state index >= 15 is 0 Å². The fraction of sp³-hybridized carbons (Fsp3) is 0.267. The Kier molecular flexibility index (Phi) is 5.22. The minimum absolute atomic E-state index is 0.0349. The first kappa shape index (κ1) is 14.9. The number of nitrogens with one attached hydrogen (secondary N) is 1. The van der Waals surface area contributed by atoms with Gasteiger partial charge < -0.3 is 10.1 Å². The lowest BCUT2D eigenvalue weighted by Crippen LogP contribution is -2.13. The molecule has 0 atom stereocenters. The van der Waals surface area contributed by atoms with Gasteiger partial charge >= 0.3 is 0 Å². The highest BCUT2D eigenvalue weighted by Gasteiger charge is 2.05. The van der Waals surface area contributed by atoms with Gasteiger partial charge in [0.1, 0.15) is 5.75 Å². The van der Waals surface area contributed by atoms with Crippen molar-refractivity contribution in [1.29, 1.82) is 0 Å². The van der Waals surface area contributed by atoms with Crippen molar-refractivity contribution in [2.75, 3.05) is 6.54 Å². The molecule has 2 rings (SSSR count). The van der Waals surface area contributed by atoms with Gasteiger partial charge in [0.25, 0.3) is 5.69 Å². The van der Waals surface area contributed by atoms with Gasteiger partial charge in [0.15, 0.2) is 0 Å². The van der Waals surface area contributed by atoms with Crippen LogP contribution in [0.25, 0.3) is 0 Å². The van der Waals surface area contributed by atoms with E-state index in [1.807, 2.05) is 6.07 Å². The van der Waals surface area contributed by atoms with E-state index in [-0.39, 0.29) is 5.69 Å². The van der Waals surface area contributed by atoms with Crippen molar-refractivity contribution < 1.29 is 9.66 Å². The summed E-state index contributed by atoms with van der Waals surface area (Å²) in [7, 11) is 0. The molecule has 0 saturated carbocycles. The molecule has 0 aliphatic carbocycles. The third-order valence-corrected chi connectivity index (χ3v) is 2.82. The third kappa shape index (κ3) is 4.54. The summed E-state index contributed by atoms with van der Waals surface area (Å²) >= 11 is 0. The van der Waals surface area contributed by atoms with Crippen LogP contribution in [0.3, 0.4) is 0 Å². The summed E-state index contributed by atoms with van der Waals surface area (Å²) in [6.45, 7) is 3.87. The van der Waals surface area contributed by atoms with Crippen LogP contribution < -0.4 is 10.1 Å². The van der Waals surface area contributed by atoms with Crippen molar-refractivity contribution in [2.24, 2.45) is 0 Å². The van der Waals surface area contributed by atoms with Gasteiger partial charge in [-0.15, -0.1) is 0 Å². The molecule has 21 heavy (non-hydrogen) atoms. The van der Waals surface area contributed by atoms with Gasteiger partial charge in [-0.25, -0.2) is 4.98 Å². The average Bonchev–Trinajstić information content (AvgIpc) is 2.50. The fourth-order valence-corrected chi connectivity index (χ4v) is 1.74. The molecule has 1 aromatic carbocycles. The van der Waals surface area contributed by atoms with Crippen LogP contribution in [-0.2, 0) is 6.54 Å². The lowest BCUT2D eigenvalue weighted by molar-refractivity contribution is -0.384. The second kappa shape index (κ2) is 7.35. The highest BCUT2D eigenvalue weighted by Crippen LogP contribution is 2.22. The van der Waals surface area contributed by atoms with Crippen LogP contribution >= 0.6 is 0 Å². The minimum Gasteiger partial charge on any atom is -0.439 e. The van der Waals surface area contributed by atoms with Crippen molar-refractivity contribution in [3.05, 3.63) is 58.3 Å². The van der Waals surface area contributed by atoms with E-state index in [0.29, 0.717) is 11.6 Å². The Balaban J connectivity index is 1.94. The van der Waals surface area contributed by atoms with Gasteiger partial charge in [0.05, 0.1) is 4.92 Å². The zero-order valence-electron chi connectivity index (χ0n) is 11.8. The molecule has 6 heteroatoms. The Morgan fingerprint density at radius 2 is 2.00 bits per heavy atom. The average molecular weight is 287 g/mol. The Hall–Kier alpha value is -2.47. The molecule has 0 aliphatic rings. The van der Waals surface area contributed by atoms with Crippen LogP contribution in [0.5, 0.6) is 11.6 Å². The molecule has 110 valence electrons. The second-order valence-electron chi connectivity index (χ2n) is 4.53. The number of nitrogens with zero attached hydrogens (tertiary/aromatic N) is 2. The van der Waals surface area contributed by atoms with Crippen LogP contribution in [0.4, 0.5) is 5.69 Å². The molecule has 0 amide bonds. The summed E-state index contributed by atoms with van der Waals surface area (Å²) in [5, 5.41) is 13.9. The van der Waals surface area contributed by atoms with E-state index in [9.17, 15) is 10.1 Å². The summed E-state index contributed by atoms with van der Waals surface area (Å²) in [5.74, 6) is 0.980. The summed E-state index contributed by atoms with van der Waals surface area (Å²) in [5.41, 5.74) is 1.12. The monoisotopic (exact) mass is 287 g/mol. The highest BCUT2D eigenvalue weighted by atomic mass is 16.6. The van der Waals surface area contributed by atoms with Crippen molar-refractivity contribution in [1.82, 2.24) is 10.3 Å². The van der Waals surface area contributed by atoms with Crippen molar-refractivity contribution in [3.8, 4) is 11.6 Å². The van der Waals surface area contributed by atoms with Crippen LogP contribution in [0.2, 0.25) is 0 Å². The number of rotatable bonds is 7. The first-order chi connectivity index (χ1) is 10.2. The lowest BCUT2D eigenvalue weighted by atomic mass is 10.3. The van der Waals surface area contributed by atoms with Crippen LogP contribution in [0.15, 0.2) is 42.6 Å². The normalized spacial score (nSPS) is 10.3. The zero-order chi connectivity index (χ0) is 15.1. The van der Waals surface area contributed by atoms with E-state index < -0.39 is 4.92 Å². The Labute approximate surface area is 122 Å². The number of non-ortho nitro benzene ring substituents is 1. The molecular weight excluding hydrogens is 270 g/mol. The zero-order valence-corrected chi connectivity index (χ0v) is 11.8. The highest BCUT2D eigenvalue weighted by molar-refractivity contribution is 5.37. The smallest absolute Gasteiger partial charge is 0.269 e. The number of nitro groups is 1. The molecule has 0 radical (unpaired) electrons. The number of nitro benzene ring substituents is 1. The van der Waals surface area contributed by atoms with Crippen LogP contribution in [-0.4, -0.2) is 16.5 Å². The first-order valence-corrected chi connectivity index (χ1v) is 6.77. The molecular formula is C15H17N3O3. The lowest BCUT2D eigenvalue weighted by Gasteiger charge is -2.06. The molecule has 0 unspecified atom stereocenters. The van der Waals surface area contributed by atoms with Gasteiger partial charge in [-0.05, 0) is 30.7 Å². The predicted molar refractivity (Wildman–Crippen MR) is 79.4 cm³/mol. The minimum atomic E-state index is -0.444. The standard InChI is InChI=1S/C15H17N3O3/c1-2-9-16-10-12-3-8-15(17-11-12)21-14-6-4-13(5-7-14)18(19)20/h3-8,11,16H,2,9-10H2,1H3. The number of hydrogen-bond donors (Lipinski definition) is 1. The molecule has 2 aromatic rings. The molecule has 0 fully saturated rings. The van der Waals surface area contributed by atoms with Crippen LogP contribution in [0, 0.1) is 10.1 Å². The number of hydrogen-bond acceptors (Lipinski definition) is 5. The molecule has 1 N–H and O–H groups in total. The van der Waals surface area contributed by atoms with Gasteiger partial charge in [0.2, 0.25) is 5.88 Å². The first-order valence-electron chi connectivity index (χ1n) is 6.77. The Morgan fingerprint density at radius 3 is 2.57 bits per heavy atom. The molecule has 0 saturated heterocycles. The fourth-order valence-electron chi connectivity index (χ4n) is 1.74. The van der Waals surface area contributed by atoms with E-state index in [4.69, 9.17) is 4.74 Å². The Morgan fingerprint density at radius 1 is 1.24 bits per heavy atom. The number of benzene rings is 1. The van der Waals surface area contributed by atoms with Crippen molar-refractivity contribution in [2.45, 2.75) is 19.9 Å². The largest absolute Gasteiger partial charge is 0.439 e. The molecule has 0 spiro atoms. The summed E-state index contributed by atoms with van der Waals surface area (Å²) in [6.07, 6.45) is 2.85. The maximum absolute atomic E-state index is 10.6. The number of pyridine rings is 1. The number of ether oxygens (including phenoxy) is 1. The molecule has 0 aliphatic heterocycles. The molecule has 0 bridgehead atoms. The van der Waals surface area contributed by atoms with E-state index in [0.717, 1.165) is 25.1 Å². The van der Waals surface area contributed by atoms with Crippen molar-refractivity contribution >= 4 is 5.69 Å². The SMILES string of the molecule is CCCNCc1ccc(Oc2ccc([N+](=O)[O-])cc2)nc1. The summed E-state index contributed by atoms with van der Waals surface area (Å²) in [4.78, 5) is 14.3.